The van der Waals surface area contributed by atoms with Crippen molar-refractivity contribution in [3.8, 4) is 26.5 Å². The normalized spacial score (nSPS) is 10.8. The van der Waals surface area contributed by atoms with E-state index in [0.717, 1.165) is 9.88 Å². The molecule has 3 nitrogen and oxygen atoms in total. The smallest absolute Gasteiger partial charge is 0.199 e. The first-order chi connectivity index (χ1) is 8.25. The predicted molar refractivity (Wildman–Crippen MR) is 70.3 cm³/mol. The van der Waals surface area contributed by atoms with Crippen molar-refractivity contribution in [3.63, 3.8) is 0 Å². The van der Waals surface area contributed by atoms with E-state index in [1.54, 1.807) is 11.3 Å². The van der Waals surface area contributed by atoms with Crippen LogP contribution in [0, 0.1) is 0 Å². The lowest BCUT2D eigenvalue weighted by Crippen LogP contribution is -1.87. The number of rotatable bonds is 2. The van der Waals surface area contributed by atoms with Crippen molar-refractivity contribution in [2.24, 2.45) is 0 Å². The van der Waals surface area contributed by atoms with Crippen LogP contribution in [0.3, 0.4) is 0 Å². The van der Waals surface area contributed by atoms with Crippen molar-refractivity contribution >= 4 is 22.7 Å². The molecule has 3 aromatic rings. The fourth-order valence-electron chi connectivity index (χ4n) is 1.64. The van der Waals surface area contributed by atoms with Crippen LogP contribution in [0.4, 0.5) is 0 Å². The van der Waals surface area contributed by atoms with Gasteiger partial charge in [-0.3, -0.25) is 0 Å². The molecule has 2 N–H and O–H groups in total. The van der Waals surface area contributed by atoms with Crippen LogP contribution in [0.2, 0.25) is 0 Å². The number of aromatic nitrogens is 1. The monoisotopic (exact) mass is 263 g/mol. The van der Waals surface area contributed by atoms with Crippen molar-refractivity contribution in [3.05, 3.63) is 41.8 Å². The molecule has 86 valence electrons. The molecule has 0 bridgehead atoms. The zero-order valence-electron chi connectivity index (χ0n) is 8.70. The first kappa shape index (κ1) is 10.4. The summed E-state index contributed by atoms with van der Waals surface area (Å²) in [6.07, 6.45) is 0. The highest BCUT2D eigenvalue weighted by atomic mass is 32.1. The first-order valence-corrected chi connectivity index (χ1v) is 6.69. The van der Waals surface area contributed by atoms with E-state index >= 15 is 0 Å². The lowest BCUT2D eigenvalue weighted by atomic mass is 10.4. The van der Waals surface area contributed by atoms with E-state index in [9.17, 15) is 10.2 Å². The van der Waals surface area contributed by atoms with Gasteiger partial charge < -0.3 is 10.2 Å². The van der Waals surface area contributed by atoms with E-state index < -0.39 is 0 Å². The minimum atomic E-state index is 0.0436. The molecular weight excluding hydrogens is 254 g/mol. The fourth-order valence-corrected chi connectivity index (χ4v) is 3.50. The molecule has 0 saturated carbocycles. The van der Waals surface area contributed by atoms with E-state index in [2.05, 4.69) is 6.07 Å². The molecule has 0 fully saturated rings. The second-order valence-corrected chi connectivity index (χ2v) is 5.51. The van der Waals surface area contributed by atoms with E-state index in [0.29, 0.717) is 0 Å². The molecule has 3 rings (SSSR count). The Labute approximate surface area is 106 Å². The van der Waals surface area contributed by atoms with Gasteiger partial charge in [0.25, 0.3) is 0 Å². The summed E-state index contributed by atoms with van der Waals surface area (Å²) in [5.41, 5.74) is 0. The summed E-state index contributed by atoms with van der Waals surface area (Å²) in [5.74, 6) is 0.0872. The van der Waals surface area contributed by atoms with E-state index in [1.807, 2.05) is 23.6 Å². The maximum absolute atomic E-state index is 9.64. The van der Waals surface area contributed by atoms with Gasteiger partial charge in [0.2, 0.25) is 0 Å². The SMILES string of the molecule is Oc1ccc(O)n1-c1ccc(-c2cccs2)s1. The van der Waals surface area contributed by atoms with E-state index in [4.69, 9.17) is 0 Å². The fraction of sp³-hybridized carbons (Fsp3) is 0. The van der Waals surface area contributed by atoms with Crippen molar-refractivity contribution in [1.82, 2.24) is 4.57 Å². The van der Waals surface area contributed by atoms with Crippen LogP contribution >= 0.6 is 22.7 Å². The van der Waals surface area contributed by atoms with Crippen molar-refractivity contribution < 1.29 is 10.2 Å². The van der Waals surface area contributed by atoms with Gasteiger partial charge in [0.1, 0.15) is 5.00 Å². The lowest BCUT2D eigenvalue weighted by molar-refractivity contribution is 0.404. The Bertz CT molecular complexity index is 618. The molecule has 3 aromatic heterocycles. The minimum absolute atomic E-state index is 0.0436. The summed E-state index contributed by atoms with van der Waals surface area (Å²) in [5, 5.41) is 22.1. The van der Waals surface area contributed by atoms with Gasteiger partial charge >= 0.3 is 0 Å². The maximum atomic E-state index is 9.64. The van der Waals surface area contributed by atoms with E-state index in [-0.39, 0.29) is 11.8 Å². The Morgan fingerprint density at radius 1 is 0.882 bits per heavy atom. The van der Waals surface area contributed by atoms with Crippen LogP contribution in [0.15, 0.2) is 41.8 Å². The molecule has 0 atom stereocenters. The van der Waals surface area contributed by atoms with Gasteiger partial charge in [0.15, 0.2) is 11.8 Å². The highest BCUT2D eigenvalue weighted by molar-refractivity contribution is 7.22. The maximum Gasteiger partial charge on any atom is 0.199 e. The third-order valence-electron chi connectivity index (χ3n) is 2.42. The van der Waals surface area contributed by atoms with Gasteiger partial charge in [-0.1, -0.05) is 6.07 Å². The number of nitrogens with zero attached hydrogens (tertiary/aromatic N) is 1. The molecule has 0 unspecified atom stereocenters. The number of hydrogen-bond donors (Lipinski definition) is 2. The summed E-state index contributed by atoms with van der Waals surface area (Å²) in [6.45, 7) is 0. The molecule has 0 aromatic carbocycles. The molecule has 0 aliphatic rings. The third kappa shape index (κ3) is 1.73. The van der Waals surface area contributed by atoms with Crippen molar-refractivity contribution in [1.29, 1.82) is 0 Å². The van der Waals surface area contributed by atoms with Gasteiger partial charge in [-0.05, 0) is 23.6 Å². The Morgan fingerprint density at radius 3 is 2.29 bits per heavy atom. The summed E-state index contributed by atoms with van der Waals surface area (Å²) in [7, 11) is 0. The summed E-state index contributed by atoms with van der Waals surface area (Å²) >= 11 is 3.20. The topological polar surface area (TPSA) is 45.4 Å². The van der Waals surface area contributed by atoms with Crippen LogP contribution < -0.4 is 0 Å². The molecule has 3 heterocycles. The van der Waals surface area contributed by atoms with Crippen LogP contribution in [0.1, 0.15) is 0 Å². The average molecular weight is 263 g/mol. The Hall–Kier alpha value is -1.72. The molecule has 0 aliphatic heterocycles. The highest BCUT2D eigenvalue weighted by Gasteiger charge is 2.11. The number of hydrogen-bond acceptors (Lipinski definition) is 4. The molecule has 0 aliphatic carbocycles. The standard InChI is InChI=1S/C12H9NO2S2/c14-10-4-5-11(15)13(10)12-6-3-9(17-12)8-2-1-7-16-8/h1-7,14-15H. The van der Waals surface area contributed by atoms with E-state index in [1.165, 1.54) is 32.9 Å². The molecule has 17 heavy (non-hydrogen) atoms. The second kappa shape index (κ2) is 3.94. The Balaban J connectivity index is 2.07. The zero-order chi connectivity index (χ0) is 11.8. The first-order valence-electron chi connectivity index (χ1n) is 4.99. The largest absolute Gasteiger partial charge is 0.494 e. The Kier molecular flexibility index (Phi) is 2.42. The van der Waals surface area contributed by atoms with Gasteiger partial charge in [-0.2, -0.15) is 0 Å². The summed E-state index contributed by atoms with van der Waals surface area (Å²) in [6, 6.07) is 10.9. The molecule has 5 heteroatoms. The van der Waals surface area contributed by atoms with Gasteiger partial charge in [0, 0.05) is 21.9 Å². The van der Waals surface area contributed by atoms with Gasteiger partial charge in [-0.25, -0.2) is 4.57 Å². The number of thiophene rings is 2. The van der Waals surface area contributed by atoms with Gasteiger partial charge in [0.05, 0.1) is 0 Å². The zero-order valence-corrected chi connectivity index (χ0v) is 10.3. The summed E-state index contributed by atoms with van der Waals surface area (Å²) in [4.78, 5) is 2.31. The summed E-state index contributed by atoms with van der Waals surface area (Å²) < 4.78 is 1.42. The van der Waals surface area contributed by atoms with Crippen LogP contribution in [0.5, 0.6) is 11.8 Å². The third-order valence-corrected chi connectivity index (χ3v) is 4.55. The second-order valence-electron chi connectivity index (χ2n) is 3.50. The Morgan fingerprint density at radius 2 is 1.65 bits per heavy atom. The van der Waals surface area contributed by atoms with Gasteiger partial charge in [-0.15, -0.1) is 22.7 Å². The average Bonchev–Trinajstić information content (AvgIpc) is 2.98. The molecule has 0 amide bonds. The molecular formula is C12H9NO2S2. The quantitative estimate of drug-likeness (QED) is 0.741. The molecule has 0 radical (unpaired) electrons. The van der Waals surface area contributed by atoms with Crippen LogP contribution in [0.25, 0.3) is 14.8 Å². The van der Waals surface area contributed by atoms with Crippen LogP contribution in [-0.4, -0.2) is 14.8 Å². The van der Waals surface area contributed by atoms with Crippen molar-refractivity contribution in [2.45, 2.75) is 0 Å². The molecule has 0 spiro atoms. The highest BCUT2D eigenvalue weighted by Crippen LogP contribution is 2.36. The minimum Gasteiger partial charge on any atom is -0.494 e. The van der Waals surface area contributed by atoms with Crippen molar-refractivity contribution in [2.75, 3.05) is 0 Å². The molecule has 0 saturated heterocycles. The van der Waals surface area contributed by atoms with Crippen LogP contribution in [-0.2, 0) is 0 Å². The lowest BCUT2D eigenvalue weighted by Gasteiger charge is -2.02. The number of aromatic hydroxyl groups is 2. The predicted octanol–water partition coefficient (Wildman–Crippen LogP) is 3.68.